The van der Waals surface area contributed by atoms with Crippen molar-refractivity contribution in [1.82, 2.24) is 15.4 Å². The summed E-state index contributed by atoms with van der Waals surface area (Å²) in [6.07, 6.45) is 1.84. The Labute approximate surface area is 295 Å². The van der Waals surface area contributed by atoms with Crippen LogP contribution < -0.4 is 20.1 Å². The molecule has 0 heterocycles. The molecule has 270 valence electrons. The van der Waals surface area contributed by atoms with Crippen molar-refractivity contribution in [3.05, 3.63) is 77.9 Å². The highest BCUT2D eigenvalue weighted by Crippen LogP contribution is 2.34. The predicted molar refractivity (Wildman–Crippen MR) is 185 cm³/mol. The monoisotopic (exact) mass is 702 g/mol. The van der Waals surface area contributed by atoms with E-state index >= 15 is 0 Å². The van der Waals surface area contributed by atoms with E-state index in [4.69, 9.17) is 25.0 Å². The summed E-state index contributed by atoms with van der Waals surface area (Å²) < 4.78 is 17.5. The number of hydrogen-bond acceptors (Lipinski definition) is 11. The molecule has 0 aromatic heterocycles. The normalized spacial score (nSPS) is 15.5. The summed E-state index contributed by atoms with van der Waals surface area (Å²) in [5.74, 6) is -1.46. The number of anilines is 1. The summed E-state index contributed by atoms with van der Waals surface area (Å²) in [4.78, 5) is 48.5. The fourth-order valence-corrected chi connectivity index (χ4v) is 5.17. The van der Waals surface area contributed by atoms with Gasteiger partial charge in [-0.1, -0.05) is 0 Å². The van der Waals surface area contributed by atoms with Crippen LogP contribution in [0.15, 0.2) is 66.7 Å². The standard InChI is InChI=1S/C36H42N6O9/c1-21(43)41(47)32(37)23-8-14-28(15-9-23)49-30-18-27(39-34(45)25-6-12-26(13-7-25)40-35(46)51-36(3,4)5)19-31(20-30)50-29-16-10-24(11-17-29)33(38)42(48)22(2)44/h8-11,14-20,25-26,37-38,47-48H,6-7,12-13H2,1-5H3,(H,39,45)(H,40,46)/t25-,26-. The van der Waals surface area contributed by atoms with Crippen LogP contribution in [0.1, 0.15) is 71.4 Å². The summed E-state index contributed by atoms with van der Waals surface area (Å²) in [5.41, 5.74) is 0.308. The lowest BCUT2D eigenvalue weighted by Gasteiger charge is -2.29. The molecule has 6 N–H and O–H groups in total. The van der Waals surface area contributed by atoms with Crippen molar-refractivity contribution >= 4 is 41.2 Å². The summed E-state index contributed by atoms with van der Waals surface area (Å²) in [7, 11) is 0. The second-order valence-corrected chi connectivity index (χ2v) is 13.0. The van der Waals surface area contributed by atoms with E-state index in [-0.39, 0.29) is 39.1 Å². The molecule has 1 aliphatic rings. The Morgan fingerprint density at radius 1 is 0.706 bits per heavy atom. The molecule has 3 aromatic rings. The highest BCUT2D eigenvalue weighted by atomic mass is 16.6. The Balaban J connectivity index is 1.51. The largest absolute Gasteiger partial charge is 0.457 e. The van der Waals surface area contributed by atoms with Gasteiger partial charge in [0.15, 0.2) is 11.7 Å². The molecule has 0 radical (unpaired) electrons. The Morgan fingerprint density at radius 2 is 1.14 bits per heavy atom. The molecule has 4 rings (SSSR count). The van der Waals surface area contributed by atoms with Crippen LogP contribution in [0.3, 0.4) is 0 Å². The average Bonchev–Trinajstić information content (AvgIpc) is 3.07. The smallest absolute Gasteiger partial charge is 0.407 e. The van der Waals surface area contributed by atoms with Crippen LogP contribution in [0.25, 0.3) is 0 Å². The number of hydroxylamine groups is 4. The number of carbonyl (C=O) groups excluding carboxylic acids is 4. The van der Waals surface area contributed by atoms with Gasteiger partial charge in [0.2, 0.25) is 17.7 Å². The van der Waals surface area contributed by atoms with Gasteiger partial charge in [-0.25, -0.2) is 4.79 Å². The highest BCUT2D eigenvalue weighted by molar-refractivity contribution is 6.05. The van der Waals surface area contributed by atoms with E-state index in [1.54, 1.807) is 63.2 Å². The van der Waals surface area contributed by atoms with E-state index in [9.17, 15) is 29.6 Å². The third-order valence-corrected chi connectivity index (χ3v) is 7.71. The van der Waals surface area contributed by atoms with Crippen LogP contribution in [0.4, 0.5) is 10.5 Å². The number of amides is 4. The lowest BCUT2D eigenvalue weighted by Crippen LogP contribution is -2.42. The van der Waals surface area contributed by atoms with Crippen molar-refractivity contribution in [2.24, 2.45) is 5.92 Å². The number of hydrogen-bond donors (Lipinski definition) is 6. The second kappa shape index (κ2) is 16.3. The first-order valence-electron chi connectivity index (χ1n) is 16.2. The number of nitrogens with zero attached hydrogens (tertiary/aromatic N) is 2. The van der Waals surface area contributed by atoms with Crippen LogP contribution in [0, 0.1) is 16.7 Å². The number of alkyl carbamates (subject to hydrolysis) is 1. The lowest BCUT2D eigenvalue weighted by molar-refractivity contribution is -0.147. The van der Waals surface area contributed by atoms with Gasteiger partial charge < -0.3 is 24.8 Å². The third kappa shape index (κ3) is 10.8. The first-order chi connectivity index (χ1) is 24.0. The molecule has 3 aromatic carbocycles. The fraction of sp³-hybridized carbons (Fsp3) is 0.333. The topological polar surface area (TPSA) is 215 Å². The number of ether oxygens (including phenoxy) is 3. The van der Waals surface area contributed by atoms with E-state index in [2.05, 4.69) is 10.6 Å². The third-order valence-electron chi connectivity index (χ3n) is 7.71. The number of carbonyl (C=O) groups is 4. The maximum atomic E-state index is 13.4. The van der Waals surface area contributed by atoms with Gasteiger partial charge in [0.25, 0.3) is 0 Å². The SMILES string of the molecule is CC(=O)N(O)C(=N)c1ccc(Oc2cc(NC(=O)[C@H]3CC[C@H](NC(=O)OC(C)(C)C)CC3)cc(Oc3ccc(C(=N)N(O)C(C)=O)cc3)c2)cc1. The average molecular weight is 703 g/mol. The fourth-order valence-electron chi connectivity index (χ4n) is 5.17. The minimum absolute atomic E-state index is 0.100. The molecule has 0 bridgehead atoms. The summed E-state index contributed by atoms with van der Waals surface area (Å²) in [5, 5.41) is 41.9. The molecule has 0 saturated heterocycles. The number of rotatable bonds is 9. The van der Waals surface area contributed by atoms with Crippen molar-refractivity contribution in [2.75, 3.05) is 5.32 Å². The maximum absolute atomic E-state index is 13.4. The molecule has 15 nitrogen and oxygen atoms in total. The Bertz CT molecular complexity index is 1680. The van der Waals surface area contributed by atoms with Crippen LogP contribution in [-0.2, 0) is 19.1 Å². The van der Waals surface area contributed by atoms with E-state index in [0.29, 0.717) is 54.4 Å². The Kier molecular flexibility index (Phi) is 12.1. The molecular formula is C36H42N6O9. The molecule has 0 unspecified atom stereocenters. The molecule has 0 atom stereocenters. The van der Waals surface area contributed by atoms with Crippen molar-refractivity contribution in [3.8, 4) is 23.0 Å². The van der Waals surface area contributed by atoms with E-state index in [1.165, 1.54) is 24.3 Å². The van der Waals surface area contributed by atoms with Crippen molar-refractivity contribution in [3.63, 3.8) is 0 Å². The quantitative estimate of drug-likeness (QED) is 0.0627. The minimum Gasteiger partial charge on any atom is -0.457 e. The Morgan fingerprint density at radius 3 is 1.53 bits per heavy atom. The van der Waals surface area contributed by atoms with Gasteiger partial charge in [-0.2, -0.15) is 10.1 Å². The summed E-state index contributed by atoms with van der Waals surface area (Å²) in [6.45, 7) is 7.64. The van der Waals surface area contributed by atoms with Gasteiger partial charge >= 0.3 is 6.09 Å². The van der Waals surface area contributed by atoms with Gasteiger partial charge in [0.05, 0.1) is 0 Å². The van der Waals surface area contributed by atoms with Gasteiger partial charge in [0, 0.05) is 60.8 Å². The zero-order chi connectivity index (χ0) is 37.5. The van der Waals surface area contributed by atoms with Gasteiger partial charge in [0.1, 0.15) is 28.6 Å². The van der Waals surface area contributed by atoms with Gasteiger partial charge in [-0.05, 0) is 95.0 Å². The molecule has 51 heavy (non-hydrogen) atoms. The molecule has 0 spiro atoms. The van der Waals surface area contributed by atoms with E-state index < -0.39 is 35.2 Å². The van der Waals surface area contributed by atoms with Crippen LogP contribution in [-0.4, -0.2) is 67.7 Å². The van der Waals surface area contributed by atoms with Crippen molar-refractivity contribution < 1.29 is 43.8 Å². The minimum atomic E-state index is -0.712. The molecule has 0 aliphatic heterocycles. The first kappa shape index (κ1) is 38.0. The van der Waals surface area contributed by atoms with Crippen LogP contribution in [0.2, 0.25) is 0 Å². The molecule has 1 aliphatic carbocycles. The lowest BCUT2D eigenvalue weighted by atomic mass is 9.85. The summed E-state index contributed by atoms with van der Waals surface area (Å²) in [6, 6.07) is 16.9. The first-order valence-corrected chi connectivity index (χ1v) is 16.2. The van der Waals surface area contributed by atoms with Crippen molar-refractivity contribution in [1.29, 1.82) is 10.8 Å². The highest BCUT2D eigenvalue weighted by Gasteiger charge is 2.29. The second-order valence-electron chi connectivity index (χ2n) is 13.0. The number of amidine groups is 2. The molecule has 1 fully saturated rings. The molecule has 1 saturated carbocycles. The zero-order valence-electron chi connectivity index (χ0n) is 29.0. The summed E-state index contributed by atoms with van der Waals surface area (Å²) >= 11 is 0. The van der Waals surface area contributed by atoms with E-state index in [1.807, 2.05) is 0 Å². The van der Waals surface area contributed by atoms with E-state index in [0.717, 1.165) is 13.8 Å². The number of nitrogens with one attached hydrogen (secondary N) is 4. The zero-order valence-corrected chi connectivity index (χ0v) is 29.0. The van der Waals surface area contributed by atoms with Gasteiger partial charge in [-0.3, -0.25) is 35.6 Å². The molecular weight excluding hydrogens is 660 g/mol. The van der Waals surface area contributed by atoms with Crippen LogP contribution in [0.5, 0.6) is 23.0 Å². The van der Waals surface area contributed by atoms with Crippen molar-refractivity contribution in [2.45, 2.75) is 71.9 Å². The number of benzene rings is 3. The molecule has 15 heteroatoms. The predicted octanol–water partition coefficient (Wildman–Crippen LogP) is 6.42. The molecule has 4 amide bonds. The maximum Gasteiger partial charge on any atom is 0.407 e. The Hall–Kier alpha value is -5.80. The van der Waals surface area contributed by atoms with Crippen LogP contribution >= 0.6 is 0 Å². The van der Waals surface area contributed by atoms with Gasteiger partial charge in [-0.15, -0.1) is 0 Å².